The summed E-state index contributed by atoms with van der Waals surface area (Å²) >= 11 is 0. The van der Waals surface area contributed by atoms with E-state index in [1.54, 1.807) is 4.40 Å². The molecule has 0 fully saturated rings. The maximum atomic E-state index is 10.9. The summed E-state index contributed by atoms with van der Waals surface area (Å²) in [4.78, 5) is 25.9. The molecule has 4 aromatic rings. The Morgan fingerprint density at radius 2 is 1.92 bits per heavy atom. The molecule has 198 valence electrons. The number of hydrogen-bond acceptors (Lipinski definition) is 5. The first kappa shape index (κ1) is 27.3. The van der Waals surface area contributed by atoms with Crippen LogP contribution in [0.1, 0.15) is 44.0 Å². The van der Waals surface area contributed by atoms with Gasteiger partial charge >= 0.3 is 12.1 Å². The molecule has 13 heteroatoms. The van der Waals surface area contributed by atoms with E-state index in [2.05, 4.69) is 29.9 Å². The van der Waals surface area contributed by atoms with Crippen molar-refractivity contribution in [3.8, 4) is 17.1 Å². The molecule has 1 atom stereocenters. The molecule has 0 radical (unpaired) electrons. The minimum atomic E-state index is -5.08. The van der Waals surface area contributed by atoms with Crippen LogP contribution in [0.15, 0.2) is 41.7 Å². The third-order valence-corrected chi connectivity index (χ3v) is 5.73. The van der Waals surface area contributed by atoms with E-state index in [0.29, 0.717) is 24.3 Å². The number of rotatable bonds is 7. The van der Waals surface area contributed by atoms with Crippen molar-refractivity contribution in [1.29, 1.82) is 0 Å². The first-order chi connectivity index (χ1) is 17.4. The van der Waals surface area contributed by atoms with Crippen molar-refractivity contribution in [2.75, 3.05) is 6.54 Å². The zero-order chi connectivity index (χ0) is 27.3. The van der Waals surface area contributed by atoms with Gasteiger partial charge in [-0.3, -0.25) is 9.39 Å². The van der Waals surface area contributed by atoms with Gasteiger partial charge in [-0.15, -0.1) is 0 Å². The van der Waals surface area contributed by atoms with Crippen molar-refractivity contribution in [1.82, 2.24) is 19.4 Å². The van der Waals surface area contributed by atoms with E-state index in [9.17, 15) is 18.3 Å². The number of aromatic nitrogens is 4. The number of carboxylic acid groups (broad SMARTS) is 1. The number of alkyl halides is 3. The van der Waals surface area contributed by atoms with Crippen molar-refractivity contribution in [3.05, 3.63) is 48.0 Å². The molecule has 1 aromatic carbocycles. The lowest BCUT2D eigenvalue weighted by atomic mass is 10.1. The highest BCUT2D eigenvalue weighted by Gasteiger charge is 2.38. The molecular formula is C24H28F3N7O3. The second kappa shape index (κ2) is 11.2. The van der Waals surface area contributed by atoms with Gasteiger partial charge in [0, 0.05) is 41.3 Å². The fourth-order valence-corrected chi connectivity index (χ4v) is 3.67. The number of para-hydroxylation sites is 1. The van der Waals surface area contributed by atoms with Gasteiger partial charge in [-0.1, -0.05) is 32.0 Å². The van der Waals surface area contributed by atoms with Crippen LogP contribution < -0.4 is 11.5 Å². The normalized spacial score (nSPS) is 12.2. The minimum absolute atomic E-state index is 0.0816. The number of H-pyrrole nitrogens is 1. The molecule has 1 unspecified atom stereocenters. The topological polar surface area (TPSA) is 168 Å². The van der Waals surface area contributed by atoms with Crippen LogP contribution >= 0.6 is 0 Å². The molecule has 0 amide bonds. The van der Waals surface area contributed by atoms with Gasteiger partial charge in [-0.05, 0) is 25.3 Å². The van der Waals surface area contributed by atoms with Gasteiger partial charge < -0.3 is 26.7 Å². The molecule has 3 aromatic heterocycles. The summed E-state index contributed by atoms with van der Waals surface area (Å²) in [6, 6.07) is 8.09. The zero-order valence-electron chi connectivity index (χ0n) is 20.3. The molecule has 7 N–H and O–H groups in total. The van der Waals surface area contributed by atoms with Gasteiger partial charge in [0.05, 0.1) is 11.4 Å². The van der Waals surface area contributed by atoms with Gasteiger partial charge in [-0.25, -0.2) is 14.8 Å². The van der Waals surface area contributed by atoms with E-state index in [1.807, 2.05) is 30.6 Å². The number of nitrogens with zero attached hydrogens (tertiary/aromatic N) is 4. The number of nitrogens with two attached hydrogens (primary N) is 2. The van der Waals surface area contributed by atoms with E-state index in [1.165, 1.54) is 0 Å². The van der Waals surface area contributed by atoms with Crippen molar-refractivity contribution >= 4 is 28.5 Å². The van der Waals surface area contributed by atoms with Crippen molar-refractivity contribution in [2.45, 2.75) is 45.2 Å². The molecular weight excluding hydrogens is 491 g/mol. The number of guanidine groups is 1. The molecule has 0 aliphatic rings. The lowest BCUT2D eigenvalue weighted by molar-refractivity contribution is -0.192. The Morgan fingerprint density at radius 3 is 2.54 bits per heavy atom. The third-order valence-electron chi connectivity index (χ3n) is 5.73. The van der Waals surface area contributed by atoms with Gasteiger partial charge in [0.25, 0.3) is 0 Å². The van der Waals surface area contributed by atoms with Crippen LogP contribution in [0.5, 0.6) is 5.88 Å². The molecule has 0 saturated carbocycles. The fourth-order valence-electron chi connectivity index (χ4n) is 3.67. The molecule has 4 rings (SSSR count). The quantitative estimate of drug-likeness (QED) is 0.140. The Morgan fingerprint density at radius 1 is 1.24 bits per heavy atom. The number of nitrogens with one attached hydrogen (secondary N) is 1. The van der Waals surface area contributed by atoms with Gasteiger partial charge in [0.15, 0.2) is 11.6 Å². The SMILES string of the molecule is CCC(C)c1nc2c(CCCN=C(N)N)nc(-c3c[nH]c4ccccc34)cn2c1O.O=C(O)C(F)(F)F. The van der Waals surface area contributed by atoms with Crippen LogP contribution in [0.2, 0.25) is 0 Å². The summed E-state index contributed by atoms with van der Waals surface area (Å²) in [7, 11) is 0. The molecule has 0 aliphatic heterocycles. The Hall–Kier alpha value is -4.29. The van der Waals surface area contributed by atoms with Crippen LogP contribution in [-0.2, 0) is 11.2 Å². The number of aromatic hydroxyl groups is 1. The predicted molar refractivity (Wildman–Crippen MR) is 133 cm³/mol. The summed E-state index contributed by atoms with van der Waals surface area (Å²) < 4.78 is 33.5. The maximum Gasteiger partial charge on any atom is 0.490 e. The number of carboxylic acids is 1. The Balaban J connectivity index is 0.000000479. The second-order valence-corrected chi connectivity index (χ2v) is 8.36. The van der Waals surface area contributed by atoms with Crippen molar-refractivity contribution in [2.24, 2.45) is 16.5 Å². The van der Waals surface area contributed by atoms with Crippen LogP contribution in [0.4, 0.5) is 13.2 Å². The molecule has 10 nitrogen and oxygen atoms in total. The number of fused-ring (bicyclic) bond motifs is 2. The van der Waals surface area contributed by atoms with Crippen LogP contribution in [-0.4, -0.2) is 54.2 Å². The van der Waals surface area contributed by atoms with Gasteiger partial charge in [-0.2, -0.15) is 13.2 Å². The number of carbonyl (C=O) groups is 1. The van der Waals surface area contributed by atoms with E-state index in [0.717, 1.165) is 40.7 Å². The van der Waals surface area contributed by atoms with Crippen molar-refractivity contribution < 1.29 is 28.2 Å². The van der Waals surface area contributed by atoms with E-state index >= 15 is 0 Å². The Bertz CT molecular complexity index is 1420. The first-order valence-corrected chi connectivity index (χ1v) is 11.5. The summed E-state index contributed by atoms with van der Waals surface area (Å²) in [5, 5.41) is 19.1. The number of aliphatic imine (C=N–C) groups is 1. The Labute approximate surface area is 209 Å². The Kier molecular flexibility index (Phi) is 8.25. The van der Waals surface area contributed by atoms with E-state index in [-0.39, 0.29) is 17.8 Å². The number of hydrogen-bond donors (Lipinski definition) is 5. The van der Waals surface area contributed by atoms with Crippen LogP contribution in [0.3, 0.4) is 0 Å². The number of aryl methyl sites for hydroxylation is 1. The van der Waals surface area contributed by atoms with E-state index < -0.39 is 12.1 Å². The van der Waals surface area contributed by atoms with Gasteiger partial charge in [0.2, 0.25) is 5.88 Å². The molecule has 0 aliphatic carbocycles. The smallest absolute Gasteiger partial charge is 0.490 e. The number of aliphatic carboxylic acids is 1. The highest BCUT2D eigenvalue weighted by molar-refractivity contribution is 5.94. The standard InChI is InChI=1S/C22H27N7O.C2HF3O2/c1-3-13(2)19-21(30)29-12-18(15-11-26-16-8-5-4-7-14(15)16)27-17(20(29)28-19)9-6-10-25-22(23)24;3-2(4,5)1(6)7/h4-5,7-8,11-13,26,30H,3,6,9-10H2,1-2H3,(H4,23,24,25);(H,6,7). The average Bonchev–Trinajstić information content (AvgIpc) is 3.42. The predicted octanol–water partition coefficient (Wildman–Crippen LogP) is 3.94. The van der Waals surface area contributed by atoms with Crippen molar-refractivity contribution in [3.63, 3.8) is 0 Å². The molecule has 0 spiro atoms. The molecule has 3 heterocycles. The fraction of sp³-hybridized carbons (Fsp3) is 0.333. The largest absolute Gasteiger partial charge is 0.493 e. The molecule has 0 bridgehead atoms. The van der Waals surface area contributed by atoms with Crippen LogP contribution in [0.25, 0.3) is 27.8 Å². The number of aromatic amines is 1. The second-order valence-electron chi connectivity index (χ2n) is 8.36. The monoisotopic (exact) mass is 519 g/mol. The highest BCUT2D eigenvalue weighted by Crippen LogP contribution is 2.33. The summed E-state index contributed by atoms with van der Waals surface area (Å²) in [5.74, 6) is -2.35. The number of halogens is 3. The third kappa shape index (κ3) is 6.29. The number of benzene rings is 1. The van der Waals surface area contributed by atoms with Gasteiger partial charge in [0.1, 0.15) is 5.69 Å². The maximum absolute atomic E-state index is 10.9. The number of imidazole rings is 1. The molecule has 0 saturated heterocycles. The highest BCUT2D eigenvalue weighted by atomic mass is 19.4. The summed E-state index contributed by atoms with van der Waals surface area (Å²) in [6.45, 7) is 4.66. The first-order valence-electron chi connectivity index (χ1n) is 11.5. The molecule has 37 heavy (non-hydrogen) atoms. The lowest BCUT2D eigenvalue weighted by Crippen LogP contribution is -2.23. The lowest BCUT2D eigenvalue weighted by Gasteiger charge is -2.07. The summed E-state index contributed by atoms with van der Waals surface area (Å²) in [5.41, 5.74) is 15.9. The summed E-state index contributed by atoms with van der Waals surface area (Å²) in [6.07, 6.45) is 0.987. The zero-order valence-corrected chi connectivity index (χ0v) is 20.3. The average molecular weight is 520 g/mol. The van der Waals surface area contributed by atoms with Crippen LogP contribution in [0, 0.1) is 0 Å². The van der Waals surface area contributed by atoms with E-state index in [4.69, 9.17) is 31.3 Å². The minimum Gasteiger partial charge on any atom is -0.493 e.